The highest BCUT2D eigenvalue weighted by Gasteiger charge is 2.25. The van der Waals surface area contributed by atoms with E-state index < -0.39 is 17.9 Å². The molecule has 0 aromatic heterocycles. The number of rotatable bonds is 5. The predicted octanol–water partition coefficient (Wildman–Crippen LogP) is 1.70. The van der Waals surface area contributed by atoms with Crippen LogP contribution in [0.5, 0.6) is 0 Å². The van der Waals surface area contributed by atoms with Gasteiger partial charge < -0.3 is 16.6 Å². The van der Waals surface area contributed by atoms with Crippen LogP contribution in [0.4, 0.5) is 5.69 Å². The number of aliphatic carboxylic acids is 1. The molecule has 118 valence electrons. The van der Waals surface area contributed by atoms with E-state index in [0.717, 1.165) is 0 Å². The third-order valence-electron chi connectivity index (χ3n) is 3.08. The van der Waals surface area contributed by atoms with Gasteiger partial charge in [0.15, 0.2) is 0 Å². The number of aliphatic imine (C=N–C) groups is 1. The Bertz CT molecular complexity index is 761. The number of carboxylic acids is 1. The number of halogens is 1. The lowest BCUT2D eigenvalue weighted by atomic mass is 10.00. The molecule has 1 amide bonds. The summed E-state index contributed by atoms with van der Waals surface area (Å²) >= 11 is 5.99. The molecule has 0 bridgehead atoms. The summed E-state index contributed by atoms with van der Waals surface area (Å²) in [5.74, 6) is -2.50. The van der Waals surface area contributed by atoms with Crippen molar-refractivity contribution in [2.45, 2.75) is 6.04 Å². The number of amides is 1. The molecule has 0 saturated carbocycles. The monoisotopic (exact) mass is 331 g/mol. The van der Waals surface area contributed by atoms with E-state index in [4.69, 9.17) is 28.2 Å². The van der Waals surface area contributed by atoms with E-state index in [1.165, 1.54) is 0 Å². The highest BCUT2D eigenvalue weighted by atomic mass is 35.5. The number of carbonyl (C=O) groups excluding carboxylic acids is 1. The van der Waals surface area contributed by atoms with Crippen LogP contribution in [-0.4, -0.2) is 28.7 Å². The fourth-order valence-corrected chi connectivity index (χ4v) is 2.17. The molecule has 0 heterocycles. The van der Waals surface area contributed by atoms with Gasteiger partial charge in [-0.25, -0.2) is 4.79 Å². The van der Waals surface area contributed by atoms with Crippen LogP contribution in [0.25, 0.3) is 0 Å². The standard InChI is InChI=1S/C16H14ClN3O3/c17-10-6-7-12(18)11(8-10)13(9-4-2-1-3-5-9)20-14(15(19)21)16(22)23/h1-8,14H,18H2,(H2,19,21)(H,22,23). The lowest BCUT2D eigenvalue weighted by Crippen LogP contribution is -2.35. The number of carboxylic acid groups (broad SMARTS) is 1. The average Bonchev–Trinajstić information content (AvgIpc) is 2.51. The van der Waals surface area contributed by atoms with E-state index in [-0.39, 0.29) is 5.71 Å². The van der Waals surface area contributed by atoms with E-state index in [2.05, 4.69) is 4.99 Å². The predicted molar refractivity (Wildman–Crippen MR) is 88.6 cm³/mol. The SMILES string of the molecule is NC(=O)C(N=C(c1ccccc1)c1cc(Cl)ccc1N)C(=O)O. The summed E-state index contributed by atoms with van der Waals surface area (Å²) in [5.41, 5.74) is 12.7. The number of anilines is 1. The average molecular weight is 332 g/mol. The molecule has 1 unspecified atom stereocenters. The number of nitrogens with two attached hydrogens (primary N) is 2. The minimum atomic E-state index is -1.72. The van der Waals surface area contributed by atoms with Gasteiger partial charge in [-0.3, -0.25) is 9.79 Å². The minimum Gasteiger partial charge on any atom is -0.479 e. The number of primary amides is 1. The molecule has 0 radical (unpaired) electrons. The smallest absolute Gasteiger partial charge is 0.338 e. The first-order valence-electron chi connectivity index (χ1n) is 6.61. The summed E-state index contributed by atoms with van der Waals surface area (Å²) in [5, 5.41) is 9.55. The molecule has 23 heavy (non-hydrogen) atoms. The van der Waals surface area contributed by atoms with Crippen LogP contribution in [-0.2, 0) is 9.59 Å². The molecule has 0 aliphatic carbocycles. The zero-order valence-corrected chi connectivity index (χ0v) is 12.7. The third kappa shape index (κ3) is 3.87. The van der Waals surface area contributed by atoms with E-state index in [9.17, 15) is 9.59 Å². The Labute approximate surface area is 137 Å². The Morgan fingerprint density at radius 3 is 2.35 bits per heavy atom. The van der Waals surface area contributed by atoms with Crippen molar-refractivity contribution in [2.24, 2.45) is 10.7 Å². The topological polar surface area (TPSA) is 119 Å². The molecule has 2 aromatic carbocycles. The summed E-state index contributed by atoms with van der Waals surface area (Å²) in [6.45, 7) is 0. The lowest BCUT2D eigenvalue weighted by molar-refractivity contribution is -0.141. The third-order valence-corrected chi connectivity index (χ3v) is 3.31. The number of nitrogen functional groups attached to an aromatic ring is 1. The van der Waals surface area contributed by atoms with Gasteiger partial charge in [0.2, 0.25) is 6.04 Å². The van der Waals surface area contributed by atoms with Crippen molar-refractivity contribution in [3.63, 3.8) is 0 Å². The minimum absolute atomic E-state index is 0.233. The normalized spacial score (nSPS) is 12.7. The summed E-state index contributed by atoms with van der Waals surface area (Å²) in [6.07, 6.45) is 0. The Balaban J connectivity index is 2.68. The Morgan fingerprint density at radius 1 is 1.13 bits per heavy atom. The second kappa shape index (κ2) is 6.93. The molecule has 5 N–H and O–H groups in total. The van der Waals surface area contributed by atoms with Crippen molar-refractivity contribution in [1.82, 2.24) is 0 Å². The van der Waals surface area contributed by atoms with Gasteiger partial charge in [0.25, 0.3) is 5.91 Å². The fraction of sp³-hybridized carbons (Fsp3) is 0.0625. The highest BCUT2D eigenvalue weighted by Crippen LogP contribution is 2.22. The maximum Gasteiger partial charge on any atom is 0.338 e. The van der Waals surface area contributed by atoms with Crippen molar-refractivity contribution in [3.05, 3.63) is 64.7 Å². The molecule has 0 aliphatic rings. The van der Waals surface area contributed by atoms with Crippen LogP contribution in [0.2, 0.25) is 5.02 Å². The zero-order valence-electron chi connectivity index (χ0n) is 11.9. The Hall–Kier alpha value is -2.86. The van der Waals surface area contributed by atoms with E-state index in [1.54, 1.807) is 48.5 Å². The van der Waals surface area contributed by atoms with Crippen molar-refractivity contribution < 1.29 is 14.7 Å². The molecule has 0 aliphatic heterocycles. The molecule has 6 nitrogen and oxygen atoms in total. The molecular weight excluding hydrogens is 318 g/mol. The van der Waals surface area contributed by atoms with E-state index in [1.807, 2.05) is 0 Å². The molecule has 2 rings (SSSR count). The molecule has 2 aromatic rings. The number of hydrogen-bond donors (Lipinski definition) is 3. The molecule has 0 saturated heterocycles. The summed E-state index contributed by atoms with van der Waals surface area (Å²) in [7, 11) is 0. The first-order valence-corrected chi connectivity index (χ1v) is 6.98. The van der Waals surface area contributed by atoms with Crippen LogP contribution in [0.1, 0.15) is 11.1 Å². The van der Waals surface area contributed by atoms with Crippen LogP contribution in [0, 0.1) is 0 Å². The first-order chi connectivity index (χ1) is 10.9. The van der Waals surface area contributed by atoms with Crippen molar-refractivity contribution in [2.75, 3.05) is 5.73 Å². The van der Waals surface area contributed by atoms with Gasteiger partial charge in [0.05, 0.1) is 5.71 Å². The van der Waals surface area contributed by atoms with Gasteiger partial charge in [0.1, 0.15) is 0 Å². The molecular formula is C16H14ClN3O3. The number of benzene rings is 2. The molecule has 7 heteroatoms. The number of carbonyl (C=O) groups is 2. The first kappa shape index (κ1) is 16.5. The number of hydrogen-bond acceptors (Lipinski definition) is 4. The van der Waals surface area contributed by atoms with Gasteiger partial charge in [-0.15, -0.1) is 0 Å². The van der Waals surface area contributed by atoms with Crippen LogP contribution >= 0.6 is 11.6 Å². The fourth-order valence-electron chi connectivity index (χ4n) is 2.00. The Morgan fingerprint density at radius 2 is 1.78 bits per heavy atom. The summed E-state index contributed by atoms with van der Waals surface area (Å²) in [6, 6.07) is 11.8. The van der Waals surface area contributed by atoms with Crippen molar-refractivity contribution in [1.29, 1.82) is 0 Å². The van der Waals surface area contributed by atoms with Gasteiger partial charge in [-0.1, -0.05) is 41.9 Å². The lowest BCUT2D eigenvalue weighted by Gasteiger charge is -2.13. The summed E-state index contributed by atoms with van der Waals surface area (Å²) in [4.78, 5) is 26.6. The molecule has 0 spiro atoms. The Kier molecular flexibility index (Phi) is 4.98. The van der Waals surface area contributed by atoms with E-state index >= 15 is 0 Å². The highest BCUT2D eigenvalue weighted by molar-refractivity contribution is 6.31. The zero-order chi connectivity index (χ0) is 17.0. The maximum atomic E-state index is 11.4. The number of nitrogens with zero attached hydrogens (tertiary/aromatic N) is 1. The second-order valence-corrected chi connectivity index (χ2v) is 5.15. The maximum absolute atomic E-state index is 11.4. The van der Waals surface area contributed by atoms with E-state index in [0.29, 0.717) is 21.8 Å². The second-order valence-electron chi connectivity index (χ2n) is 4.72. The molecule has 0 fully saturated rings. The van der Waals surface area contributed by atoms with Gasteiger partial charge in [-0.05, 0) is 18.2 Å². The largest absolute Gasteiger partial charge is 0.479 e. The summed E-state index contributed by atoms with van der Waals surface area (Å²) < 4.78 is 0. The quantitative estimate of drug-likeness (QED) is 0.439. The van der Waals surface area contributed by atoms with Crippen molar-refractivity contribution in [3.8, 4) is 0 Å². The van der Waals surface area contributed by atoms with Crippen LogP contribution in [0.3, 0.4) is 0 Å². The van der Waals surface area contributed by atoms with Crippen LogP contribution in [0.15, 0.2) is 53.5 Å². The van der Waals surface area contributed by atoms with Gasteiger partial charge >= 0.3 is 5.97 Å². The van der Waals surface area contributed by atoms with Gasteiger partial charge in [-0.2, -0.15) is 0 Å². The van der Waals surface area contributed by atoms with Crippen molar-refractivity contribution >= 4 is 34.9 Å². The molecule has 1 atom stereocenters. The van der Waals surface area contributed by atoms with Gasteiger partial charge in [0, 0.05) is 21.8 Å². The van der Waals surface area contributed by atoms with Crippen LogP contribution < -0.4 is 11.5 Å².